The van der Waals surface area contributed by atoms with E-state index >= 15 is 0 Å². The van der Waals surface area contributed by atoms with Gasteiger partial charge < -0.3 is 9.64 Å². The van der Waals surface area contributed by atoms with Gasteiger partial charge in [-0.05, 0) is 62.1 Å². The summed E-state index contributed by atoms with van der Waals surface area (Å²) in [5.41, 5.74) is 1.46. The lowest BCUT2D eigenvalue weighted by Gasteiger charge is -2.55. The molecule has 144 valence electrons. The SMILES string of the molecule is COc1ccc([C@H]2CCC[C@H]3[C@@H]4C[C@@H](CN(c5nc(C)ns5)C4)CN23)cc1. The summed E-state index contributed by atoms with van der Waals surface area (Å²) in [6.07, 6.45) is 5.33. The maximum atomic E-state index is 5.35. The molecule has 2 aromatic rings. The molecule has 3 aliphatic rings. The standard InChI is InChI=1S/C21H28N4OS/c1-14-22-21(27-23-14)24-11-15-10-17(13-24)20-5-3-4-19(25(20)12-15)16-6-8-18(26-2)9-7-16/h6-9,15,17,19-20H,3-5,10-13H2,1-2H3/t15-,17+,19+,20-/m0/s1. The van der Waals surface area contributed by atoms with Crippen LogP contribution in [0.2, 0.25) is 0 Å². The molecule has 2 bridgehead atoms. The molecule has 5 rings (SSSR count). The Morgan fingerprint density at radius 3 is 2.70 bits per heavy atom. The Balaban J connectivity index is 1.37. The first kappa shape index (κ1) is 17.4. The predicted octanol–water partition coefficient (Wildman–Crippen LogP) is 3.91. The molecule has 3 aliphatic heterocycles. The van der Waals surface area contributed by atoms with Crippen LogP contribution in [0, 0.1) is 18.8 Å². The Bertz CT molecular complexity index is 792. The third kappa shape index (κ3) is 3.23. The van der Waals surface area contributed by atoms with Crippen molar-refractivity contribution in [3.63, 3.8) is 0 Å². The van der Waals surface area contributed by atoms with Crippen molar-refractivity contribution in [1.29, 1.82) is 0 Å². The monoisotopic (exact) mass is 384 g/mol. The minimum atomic E-state index is 0.565. The Labute approximate surface area is 165 Å². The number of nitrogens with zero attached hydrogens (tertiary/aromatic N) is 4. The molecule has 3 fully saturated rings. The van der Waals surface area contributed by atoms with Crippen LogP contribution in [0.5, 0.6) is 5.75 Å². The number of fused-ring (bicyclic) bond motifs is 4. The Kier molecular flexibility index (Phi) is 4.56. The van der Waals surface area contributed by atoms with Crippen LogP contribution in [0.15, 0.2) is 24.3 Å². The number of methoxy groups -OCH3 is 1. The van der Waals surface area contributed by atoms with Gasteiger partial charge in [0.25, 0.3) is 0 Å². The van der Waals surface area contributed by atoms with Crippen molar-refractivity contribution in [3.05, 3.63) is 35.7 Å². The molecule has 4 heterocycles. The Morgan fingerprint density at radius 2 is 1.96 bits per heavy atom. The van der Waals surface area contributed by atoms with Crippen LogP contribution in [-0.2, 0) is 0 Å². The van der Waals surface area contributed by atoms with Crippen LogP contribution in [0.1, 0.15) is 43.1 Å². The maximum Gasteiger partial charge on any atom is 0.205 e. The normalized spacial score (nSPS) is 30.8. The molecule has 1 aromatic heterocycles. The van der Waals surface area contributed by atoms with Gasteiger partial charge in [0.05, 0.1) is 7.11 Å². The molecule has 5 nitrogen and oxygen atoms in total. The maximum absolute atomic E-state index is 5.35. The fourth-order valence-corrected chi connectivity index (χ4v) is 6.25. The molecule has 0 aliphatic carbocycles. The molecule has 0 radical (unpaired) electrons. The number of ether oxygens (including phenoxy) is 1. The lowest BCUT2D eigenvalue weighted by atomic mass is 9.74. The van der Waals surface area contributed by atoms with Crippen LogP contribution in [0.4, 0.5) is 5.13 Å². The van der Waals surface area contributed by atoms with Gasteiger partial charge in [0.1, 0.15) is 11.6 Å². The van der Waals surface area contributed by atoms with Gasteiger partial charge in [0.15, 0.2) is 0 Å². The van der Waals surface area contributed by atoms with Crippen molar-refractivity contribution >= 4 is 16.7 Å². The number of hydrogen-bond acceptors (Lipinski definition) is 6. The van der Waals surface area contributed by atoms with E-state index < -0.39 is 0 Å². The zero-order chi connectivity index (χ0) is 18.4. The summed E-state index contributed by atoms with van der Waals surface area (Å²) in [7, 11) is 1.74. The van der Waals surface area contributed by atoms with Crippen molar-refractivity contribution in [1.82, 2.24) is 14.3 Å². The molecule has 1 aromatic carbocycles. The molecule has 0 saturated carbocycles. The second-order valence-corrected chi connectivity index (χ2v) is 9.11. The minimum absolute atomic E-state index is 0.565. The van der Waals surface area contributed by atoms with Gasteiger partial charge in [0.2, 0.25) is 5.13 Å². The highest BCUT2D eigenvalue weighted by molar-refractivity contribution is 7.09. The summed E-state index contributed by atoms with van der Waals surface area (Å²) in [5.74, 6) is 3.35. The van der Waals surface area contributed by atoms with Crippen LogP contribution in [0.3, 0.4) is 0 Å². The zero-order valence-corrected chi connectivity index (χ0v) is 17.0. The molecule has 6 heteroatoms. The lowest BCUT2D eigenvalue weighted by molar-refractivity contribution is -0.0199. The van der Waals surface area contributed by atoms with E-state index in [9.17, 15) is 0 Å². The van der Waals surface area contributed by atoms with Gasteiger partial charge in [0, 0.05) is 43.3 Å². The first-order valence-electron chi connectivity index (χ1n) is 10.2. The number of anilines is 1. The first-order chi connectivity index (χ1) is 13.2. The third-order valence-corrected chi connectivity index (χ3v) is 7.54. The van der Waals surface area contributed by atoms with E-state index in [2.05, 4.69) is 43.4 Å². The molecular weight excluding hydrogens is 356 g/mol. The van der Waals surface area contributed by atoms with Gasteiger partial charge >= 0.3 is 0 Å². The minimum Gasteiger partial charge on any atom is -0.497 e. The van der Waals surface area contributed by atoms with Crippen molar-refractivity contribution in [3.8, 4) is 5.75 Å². The largest absolute Gasteiger partial charge is 0.497 e. The van der Waals surface area contributed by atoms with E-state index in [1.807, 2.05) is 6.92 Å². The van der Waals surface area contributed by atoms with E-state index in [1.165, 1.54) is 37.8 Å². The number of rotatable bonds is 3. The van der Waals surface area contributed by atoms with Crippen LogP contribution < -0.4 is 9.64 Å². The summed E-state index contributed by atoms with van der Waals surface area (Å²) in [4.78, 5) is 10.0. The quantitative estimate of drug-likeness (QED) is 0.803. The van der Waals surface area contributed by atoms with E-state index in [-0.39, 0.29) is 0 Å². The highest BCUT2D eigenvalue weighted by Crippen LogP contribution is 2.45. The Morgan fingerprint density at radius 1 is 1.11 bits per heavy atom. The smallest absolute Gasteiger partial charge is 0.205 e. The molecule has 0 spiro atoms. The van der Waals surface area contributed by atoms with E-state index in [1.54, 1.807) is 18.6 Å². The molecule has 4 atom stereocenters. The summed E-state index contributed by atoms with van der Waals surface area (Å²) in [6.45, 7) is 5.48. The zero-order valence-electron chi connectivity index (χ0n) is 16.2. The summed E-state index contributed by atoms with van der Waals surface area (Å²) in [5, 5.41) is 1.12. The second-order valence-electron chi connectivity index (χ2n) is 8.37. The van der Waals surface area contributed by atoms with Gasteiger partial charge in [-0.25, -0.2) is 4.98 Å². The summed E-state index contributed by atoms with van der Waals surface area (Å²) >= 11 is 1.56. The van der Waals surface area contributed by atoms with Crippen LogP contribution >= 0.6 is 11.5 Å². The number of aromatic nitrogens is 2. The first-order valence-corrected chi connectivity index (χ1v) is 10.9. The van der Waals surface area contributed by atoms with Crippen molar-refractivity contribution in [2.24, 2.45) is 11.8 Å². The summed E-state index contributed by atoms with van der Waals surface area (Å²) in [6, 6.07) is 10.0. The van der Waals surface area contributed by atoms with Crippen LogP contribution in [0.25, 0.3) is 0 Å². The lowest BCUT2D eigenvalue weighted by Crippen LogP contribution is -2.59. The van der Waals surface area contributed by atoms with E-state index in [4.69, 9.17) is 4.74 Å². The van der Waals surface area contributed by atoms with E-state index in [0.717, 1.165) is 41.6 Å². The van der Waals surface area contributed by atoms with Gasteiger partial charge in [-0.3, -0.25) is 4.90 Å². The van der Waals surface area contributed by atoms with Gasteiger partial charge in [-0.1, -0.05) is 12.1 Å². The molecule has 0 unspecified atom stereocenters. The number of hydrogen-bond donors (Lipinski definition) is 0. The Hall–Kier alpha value is -1.66. The molecular formula is C21H28N4OS. The summed E-state index contributed by atoms with van der Waals surface area (Å²) < 4.78 is 9.75. The molecule has 0 N–H and O–H groups in total. The molecule has 27 heavy (non-hydrogen) atoms. The molecule has 0 amide bonds. The highest BCUT2D eigenvalue weighted by Gasteiger charge is 2.45. The fourth-order valence-electron chi connectivity index (χ4n) is 5.56. The van der Waals surface area contributed by atoms with Crippen molar-refractivity contribution < 1.29 is 4.74 Å². The second kappa shape index (κ2) is 7.06. The van der Waals surface area contributed by atoms with Crippen LogP contribution in [-0.4, -0.2) is 47.0 Å². The average molecular weight is 385 g/mol. The third-order valence-electron chi connectivity index (χ3n) is 6.67. The number of piperidine rings is 3. The van der Waals surface area contributed by atoms with Crippen molar-refractivity contribution in [2.75, 3.05) is 31.6 Å². The van der Waals surface area contributed by atoms with Gasteiger partial charge in [-0.15, -0.1) is 0 Å². The van der Waals surface area contributed by atoms with E-state index in [0.29, 0.717) is 12.1 Å². The fraction of sp³-hybridized carbons (Fsp3) is 0.619. The molecule has 3 saturated heterocycles. The van der Waals surface area contributed by atoms with Gasteiger partial charge in [-0.2, -0.15) is 4.37 Å². The predicted molar refractivity (Wildman–Crippen MR) is 109 cm³/mol. The number of benzene rings is 1. The topological polar surface area (TPSA) is 41.5 Å². The van der Waals surface area contributed by atoms with Crippen molar-refractivity contribution in [2.45, 2.75) is 44.7 Å². The highest BCUT2D eigenvalue weighted by atomic mass is 32.1. The number of aryl methyl sites for hydroxylation is 1. The average Bonchev–Trinajstić information content (AvgIpc) is 3.14.